The fraction of sp³-hybridized carbons (Fsp3) is 0.0588. The second-order valence-electron chi connectivity index (χ2n) is 5.24. The number of nitrogens with one attached hydrogen (secondary N) is 1. The number of benzene rings is 2. The maximum atomic E-state index is 4.36. The minimum atomic E-state index is 0.00453. The molecule has 0 saturated carbocycles. The van der Waals surface area contributed by atoms with Crippen molar-refractivity contribution in [3.8, 4) is 0 Å². The van der Waals surface area contributed by atoms with Crippen molar-refractivity contribution in [2.24, 2.45) is 0 Å². The van der Waals surface area contributed by atoms with Crippen molar-refractivity contribution in [3.05, 3.63) is 81.0 Å². The molecule has 0 radical (unpaired) electrons. The Morgan fingerprint density at radius 2 is 1.83 bits per heavy atom. The standard InChI is InChI=1S/C17H12Br2N4/c18-13-6-4-11(5-7-13)15-9-16(12-2-1-3-14(19)8-12)23-17(22-15)20-10-21-23/h1-10,16H,(H,20,21,22)/t16-/m1/s1. The van der Waals surface area contributed by atoms with Crippen LogP contribution in [-0.2, 0) is 0 Å². The molecule has 114 valence electrons. The molecular formula is C17H12Br2N4. The predicted octanol–water partition coefficient (Wildman–Crippen LogP) is 4.86. The van der Waals surface area contributed by atoms with E-state index in [0.717, 1.165) is 31.7 Å². The van der Waals surface area contributed by atoms with E-state index >= 15 is 0 Å². The Morgan fingerprint density at radius 3 is 2.61 bits per heavy atom. The highest BCUT2D eigenvalue weighted by Crippen LogP contribution is 2.33. The van der Waals surface area contributed by atoms with E-state index in [1.807, 2.05) is 28.9 Å². The summed E-state index contributed by atoms with van der Waals surface area (Å²) in [5, 5.41) is 7.71. The molecule has 0 saturated heterocycles. The number of anilines is 1. The summed E-state index contributed by atoms with van der Waals surface area (Å²) in [6, 6.07) is 16.5. The molecule has 0 amide bonds. The summed E-state index contributed by atoms with van der Waals surface area (Å²) in [5.41, 5.74) is 3.30. The maximum absolute atomic E-state index is 4.36. The van der Waals surface area contributed by atoms with Gasteiger partial charge in [-0.05, 0) is 41.5 Å². The third-order valence-corrected chi connectivity index (χ3v) is 4.77. The van der Waals surface area contributed by atoms with Gasteiger partial charge in [0.25, 0.3) is 0 Å². The number of rotatable bonds is 2. The van der Waals surface area contributed by atoms with Gasteiger partial charge in [-0.1, -0.05) is 56.1 Å². The molecule has 0 fully saturated rings. The minimum Gasteiger partial charge on any atom is -0.324 e. The van der Waals surface area contributed by atoms with Gasteiger partial charge in [-0.15, -0.1) is 0 Å². The molecule has 1 atom stereocenters. The molecule has 0 bridgehead atoms. The van der Waals surface area contributed by atoms with Gasteiger partial charge in [0.15, 0.2) is 0 Å². The van der Waals surface area contributed by atoms with Crippen LogP contribution in [0, 0.1) is 0 Å². The molecule has 1 N–H and O–H groups in total. The van der Waals surface area contributed by atoms with Crippen molar-refractivity contribution in [1.82, 2.24) is 14.8 Å². The number of aromatic nitrogens is 3. The van der Waals surface area contributed by atoms with E-state index < -0.39 is 0 Å². The summed E-state index contributed by atoms with van der Waals surface area (Å²) >= 11 is 7.01. The van der Waals surface area contributed by atoms with Crippen molar-refractivity contribution in [1.29, 1.82) is 0 Å². The van der Waals surface area contributed by atoms with Gasteiger partial charge in [0.05, 0.1) is 0 Å². The molecule has 3 aromatic rings. The highest BCUT2D eigenvalue weighted by Gasteiger charge is 2.23. The van der Waals surface area contributed by atoms with Gasteiger partial charge in [0, 0.05) is 14.6 Å². The smallest absolute Gasteiger partial charge is 0.226 e. The van der Waals surface area contributed by atoms with Crippen LogP contribution in [0.15, 0.2) is 69.9 Å². The van der Waals surface area contributed by atoms with E-state index in [2.05, 4.69) is 77.6 Å². The highest BCUT2D eigenvalue weighted by atomic mass is 79.9. The van der Waals surface area contributed by atoms with Gasteiger partial charge < -0.3 is 5.32 Å². The van der Waals surface area contributed by atoms with Crippen LogP contribution >= 0.6 is 31.9 Å². The zero-order chi connectivity index (χ0) is 15.8. The van der Waals surface area contributed by atoms with Crippen LogP contribution in [0.3, 0.4) is 0 Å². The summed E-state index contributed by atoms with van der Waals surface area (Å²) in [6.07, 6.45) is 3.75. The lowest BCUT2D eigenvalue weighted by atomic mass is 10.0. The summed E-state index contributed by atoms with van der Waals surface area (Å²) in [5.74, 6) is 0.746. The Labute approximate surface area is 150 Å². The summed E-state index contributed by atoms with van der Waals surface area (Å²) in [7, 11) is 0. The van der Waals surface area contributed by atoms with Gasteiger partial charge in [-0.25, -0.2) is 4.68 Å². The Bertz CT molecular complexity index is 884. The molecule has 6 heteroatoms. The van der Waals surface area contributed by atoms with Gasteiger partial charge in [0.2, 0.25) is 5.95 Å². The van der Waals surface area contributed by atoms with E-state index in [4.69, 9.17) is 0 Å². The molecule has 0 unspecified atom stereocenters. The quantitative estimate of drug-likeness (QED) is 0.630. The van der Waals surface area contributed by atoms with Gasteiger partial charge in [-0.3, -0.25) is 0 Å². The SMILES string of the molecule is Brc1ccc(C2=C[C@H](c3cccc(Br)c3)n3ncnc3N2)cc1. The van der Waals surface area contributed by atoms with E-state index in [1.54, 1.807) is 6.33 Å². The van der Waals surface area contributed by atoms with Crippen LogP contribution in [0.25, 0.3) is 5.70 Å². The first kappa shape index (κ1) is 14.7. The van der Waals surface area contributed by atoms with Crippen LogP contribution in [0.4, 0.5) is 5.95 Å². The topological polar surface area (TPSA) is 42.7 Å². The van der Waals surface area contributed by atoms with Crippen molar-refractivity contribution in [3.63, 3.8) is 0 Å². The average Bonchev–Trinajstić information content (AvgIpc) is 3.03. The number of halogens is 2. The summed E-state index contributed by atoms with van der Waals surface area (Å²) in [4.78, 5) is 4.33. The first-order chi connectivity index (χ1) is 11.2. The van der Waals surface area contributed by atoms with Gasteiger partial charge >= 0.3 is 0 Å². The van der Waals surface area contributed by atoms with Crippen molar-refractivity contribution >= 4 is 43.5 Å². The average molecular weight is 432 g/mol. The van der Waals surface area contributed by atoms with Crippen molar-refractivity contribution in [2.45, 2.75) is 6.04 Å². The Hall–Kier alpha value is -1.92. The molecule has 1 aromatic heterocycles. The third-order valence-electron chi connectivity index (χ3n) is 3.75. The molecule has 1 aliphatic rings. The van der Waals surface area contributed by atoms with E-state index in [-0.39, 0.29) is 6.04 Å². The molecule has 2 aromatic carbocycles. The van der Waals surface area contributed by atoms with Crippen LogP contribution < -0.4 is 5.32 Å². The van der Waals surface area contributed by atoms with Crippen LogP contribution in [0.5, 0.6) is 0 Å². The van der Waals surface area contributed by atoms with E-state index in [0.29, 0.717) is 0 Å². The second-order valence-corrected chi connectivity index (χ2v) is 7.07. The number of nitrogens with zero attached hydrogens (tertiary/aromatic N) is 3. The molecule has 4 rings (SSSR count). The van der Waals surface area contributed by atoms with Gasteiger partial charge in [-0.2, -0.15) is 10.1 Å². The predicted molar refractivity (Wildman–Crippen MR) is 98.0 cm³/mol. The molecule has 4 nitrogen and oxygen atoms in total. The Balaban J connectivity index is 1.81. The highest BCUT2D eigenvalue weighted by molar-refractivity contribution is 9.10. The fourth-order valence-corrected chi connectivity index (χ4v) is 3.34. The summed E-state index contributed by atoms with van der Waals surface area (Å²) in [6.45, 7) is 0. The molecule has 0 aliphatic carbocycles. The Morgan fingerprint density at radius 1 is 1.00 bits per heavy atom. The zero-order valence-electron chi connectivity index (χ0n) is 11.9. The second kappa shape index (κ2) is 5.94. The van der Waals surface area contributed by atoms with Crippen LogP contribution in [0.1, 0.15) is 17.2 Å². The lowest BCUT2D eigenvalue weighted by Gasteiger charge is -2.24. The van der Waals surface area contributed by atoms with E-state index in [1.165, 1.54) is 0 Å². The first-order valence-corrected chi connectivity index (χ1v) is 8.69. The molecule has 1 aliphatic heterocycles. The molecule has 2 heterocycles. The lowest BCUT2D eigenvalue weighted by molar-refractivity contribution is 0.611. The lowest BCUT2D eigenvalue weighted by Crippen LogP contribution is -2.20. The largest absolute Gasteiger partial charge is 0.324 e. The van der Waals surface area contributed by atoms with E-state index in [9.17, 15) is 0 Å². The normalized spacial score (nSPS) is 16.4. The number of allylic oxidation sites excluding steroid dienone is 1. The fourth-order valence-electron chi connectivity index (χ4n) is 2.66. The van der Waals surface area contributed by atoms with Crippen LogP contribution in [0.2, 0.25) is 0 Å². The summed E-state index contributed by atoms with van der Waals surface area (Å²) < 4.78 is 4.00. The van der Waals surface area contributed by atoms with Crippen molar-refractivity contribution in [2.75, 3.05) is 5.32 Å². The zero-order valence-corrected chi connectivity index (χ0v) is 15.1. The molecule has 23 heavy (non-hydrogen) atoms. The van der Waals surface area contributed by atoms with Crippen molar-refractivity contribution < 1.29 is 0 Å². The Kier molecular flexibility index (Phi) is 3.79. The molecule has 0 spiro atoms. The van der Waals surface area contributed by atoms with Crippen LogP contribution in [-0.4, -0.2) is 14.8 Å². The van der Waals surface area contributed by atoms with Gasteiger partial charge in [0.1, 0.15) is 12.4 Å². The minimum absolute atomic E-state index is 0.00453. The first-order valence-electron chi connectivity index (χ1n) is 7.10. The monoisotopic (exact) mass is 430 g/mol. The number of fused-ring (bicyclic) bond motifs is 1. The maximum Gasteiger partial charge on any atom is 0.226 e. The number of hydrogen-bond donors (Lipinski definition) is 1. The molecular weight excluding hydrogens is 420 g/mol. The third kappa shape index (κ3) is 2.84. The number of hydrogen-bond acceptors (Lipinski definition) is 3.